The van der Waals surface area contributed by atoms with Crippen LogP contribution >= 0.6 is 0 Å². The van der Waals surface area contributed by atoms with Crippen LogP contribution in [-0.4, -0.2) is 27.9 Å². The van der Waals surface area contributed by atoms with E-state index in [0.717, 1.165) is 6.42 Å². The quantitative estimate of drug-likeness (QED) is 0.776. The van der Waals surface area contributed by atoms with Crippen LogP contribution in [0.2, 0.25) is 0 Å². The van der Waals surface area contributed by atoms with Crippen molar-refractivity contribution in [1.29, 1.82) is 0 Å². The molecule has 2 rings (SSSR count). The summed E-state index contributed by atoms with van der Waals surface area (Å²) < 4.78 is 0. The largest absolute Gasteiger partial charge is 0.481 e. The molecule has 0 radical (unpaired) electrons. The molecule has 21 heavy (non-hydrogen) atoms. The van der Waals surface area contributed by atoms with Crippen LogP contribution < -0.4 is 0 Å². The van der Waals surface area contributed by atoms with Crippen molar-refractivity contribution >= 4 is 17.7 Å². The van der Waals surface area contributed by atoms with Crippen LogP contribution in [0, 0.1) is 35.5 Å². The third-order valence-electron chi connectivity index (χ3n) is 5.50. The maximum absolute atomic E-state index is 11.8. The summed E-state index contributed by atoms with van der Waals surface area (Å²) in [5.41, 5.74) is 0.0878. The summed E-state index contributed by atoms with van der Waals surface area (Å²) in [6.07, 6.45) is 2.03. The predicted molar refractivity (Wildman–Crippen MR) is 75.6 cm³/mol. The Hall–Kier alpha value is -1.65. The lowest BCUT2D eigenvalue weighted by atomic mass is 9.62. The molecule has 2 aliphatic rings. The van der Waals surface area contributed by atoms with Gasteiger partial charge in [-0.1, -0.05) is 13.5 Å². The minimum atomic E-state index is -1.07. The molecule has 2 saturated carbocycles. The average molecular weight is 294 g/mol. The Bertz CT molecular complexity index is 495. The molecule has 0 amide bonds. The highest BCUT2D eigenvalue weighted by Gasteiger charge is 2.54. The number of hydrogen-bond acceptors (Lipinski definition) is 3. The molecule has 5 heteroatoms. The van der Waals surface area contributed by atoms with Crippen molar-refractivity contribution < 1.29 is 24.6 Å². The van der Waals surface area contributed by atoms with Gasteiger partial charge in [0, 0.05) is 11.5 Å². The van der Waals surface area contributed by atoms with E-state index in [2.05, 4.69) is 6.58 Å². The van der Waals surface area contributed by atoms with Gasteiger partial charge in [-0.25, -0.2) is 4.79 Å². The predicted octanol–water partition coefficient (Wildman–Crippen LogP) is 2.22. The molecule has 116 valence electrons. The van der Waals surface area contributed by atoms with E-state index in [-0.39, 0.29) is 35.0 Å². The lowest BCUT2D eigenvalue weighted by molar-refractivity contribution is -0.153. The van der Waals surface area contributed by atoms with Gasteiger partial charge < -0.3 is 10.2 Å². The van der Waals surface area contributed by atoms with Gasteiger partial charge in [-0.15, -0.1) is 0 Å². The zero-order valence-corrected chi connectivity index (χ0v) is 12.4. The zero-order valence-electron chi connectivity index (χ0n) is 12.4. The van der Waals surface area contributed by atoms with Gasteiger partial charge in [0.25, 0.3) is 0 Å². The Morgan fingerprint density at radius 1 is 1.10 bits per heavy atom. The van der Waals surface area contributed by atoms with E-state index < -0.39 is 23.8 Å². The highest BCUT2D eigenvalue weighted by Crippen LogP contribution is 2.55. The lowest BCUT2D eigenvalue weighted by Crippen LogP contribution is -2.43. The molecule has 0 aliphatic heterocycles. The molecule has 0 aromatic rings. The Morgan fingerprint density at radius 2 is 1.71 bits per heavy atom. The number of rotatable bonds is 4. The average Bonchev–Trinajstić information content (AvgIpc) is 2.73. The fraction of sp³-hybridized carbons (Fsp3) is 0.688. The third kappa shape index (κ3) is 2.61. The van der Waals surface area contributed by atoms with Gasteiger partial charge >= 0.3 is 11.9 Å². The maximum Gasteiger partial charge on any atom is 0.331 e. The molecule has 0 spiro atoms. The maximum atomic E-state index is 11.8. The standard InChI is InChI=1S/C16H22O5/c1-7-6-12(8(2)15(18)19)13-10(7)4-5-11(9(3)17)14(13)16(20)21/h7,10-14H,2,4-6H2,1,3H3,(H,18,19)(H,20,21). The van der Waals surface area contributed by atoms with Crippen molar-refractivity contribution in [2.75, 3.05) is 0 Å². The van der Waals surface area contributed by atoms with Crippen molar-refractivity contribution in [2.24, 2.45) is 35.5 Å². The van der Waals surface area contributed by atoms with Crippen LogP contribution in [0.5, 0.6) is 0 Å². The van der Waals surface area contributed by atoms with Gasteiger partial charge in [-0.05, 0) is 49.9 Å². The minimum Gasteiger partial charge on any atom is -0.481 e. The fourth-order valence-electron chi connectivity index (χ4n) is 4.55. The van der Waals surface area contributed by atoms with Crippen LogP contribution in [0.15, 0.2) is 12.2 Å². The second-order valence-corrected chi connectivity index (χ2v) is 6.55. The molecular formula is C16H22O5. The fourth-order valence-corrected chi connectivity index (χ4v) is 4.55. The molecule has 6 unspecified atom stereocenters. The number of carboxylic acids is 2. The number of carboxylic acid groups (broad SMARTS) is 2. The van der Waals surface area contributed by atoms with E-state index in [1.165, 1.54) is 6.92 Å². The monoisotopic (exact) mass is 294 g/mol. The molecule has 0 saturated heterocycles. The van der Waals surface area contributed by atoms with E-state index in [1.807, 2.05) is 6.92 Å². The SMILES string of the molecule is C=C(C(=O)O)C1CC(C)C2CCC(C(C)=O)C(C(=O)O)C12. The lowest BCUT2D eigenvalue weighted by Gasteiger charge is -2.40. The molecule has 2 fully saturated rings. The summed E-state index contributed by atoms with van der Waals surface area (Å²) in [5.74, 6) is -3.64. The van der Waals surface area contributed by atoms with Gasteiger partial charge in [-0.2, -0.15) is 0 Å². The Morgan fingerprint density at radius 3 is 2.19 bits per heavy atom. The number of ketones is 1. The first-order chi connectivity index (χ1) is 9.75. The summed E-state index contributed by atoms with van der Waals surface area (Å²) >= 11 is 0. The zero-order chi connectivity index (χ0) is 15.9. The summed E-state index contributed by atoms with van der Waals surface area (Å²) in [7, 11) is 0. The number of hydrogen-bond donors (Lipinski definition) is 2. The van der Waals surface area contributed by atoms with Gasteiger partial charge in [0.2, 0.25) is 0 Å². The summed E-state index contributed by atoms with van der Waals surface area (Å²) in [6.45, 7) is 7.12. The third-order valence-corrected chi connectivity index (χ3v) is 5.50. The van der Waals surface area contributed by atoms with E-state index in [1.54, 1.807) is 0 Å². The number of carbonyl (C=O) groups excluding carboxylic acids is 1. The van der Waals surface area contributed by atoms with Crippen LogP contribution in [0.25, 0.3) is 0 Å². The molecule has 6 atom stereocenters. The normalized spacial score (nSPS) is 38.6. The first kappa shape index (κ1) is 15.7. The Labute approximate surface area is 124 Å². The van der Waals surface area contributed by atoms with Gasteiger partial charge in [0.1, 0.15) is 5.78 Å². The molecule has 2 aliphatic carbocycles. The van der Waals surface area contributed by atoms with Gasteiger partial charge in [-0.3, -0.25) is 9.59 Å². The summed E-state index contributed by atoms with van der Waals surface area (Å²) in [4.78, 5) is 34.8. The van der Waals surface area contributed by atoms with Crippen molar-refractivity contribution in [2.45, 2.75) is 33.1 Å². The number of aliphatic carboxylic acids is 2. The molecule has 0 bridgehead atoms. The minimum absolute atomic E-state index is 0.0878. The van der Waals surface area contributed by atoms with E-state index >= 15 is 0 Å². The second-order valence-electron chi connectivity index (χ2n) is 6.55. The number of fused-ring (bicyclic) bond motifs is 1. The smallest absolute Gasteiger partial charge is 0.331 e. The topological polar surface area (TPSA) is 91.7 Å². The van der Waals surface area contributed by atoms with Crippen molar-refractivity contribution in [3.05, 3.63) is 12.2 Å². The molecule has 5 nitrogen and oxygen atoms in total. The van der Waals surface area contributed by atoms with Gasteiger partial charge in [0.05, 0.1) is 5.92 Å². The summed E-state index contributed by atoms with van der Waals surface area (Å²) in [5, 5.41) is 18.8. The number of Topliss-reactive ketones (excluding diaryl/α,β-unsaturated/α-hetero) is 1. The first-order valence-corrected chi connectivity index (χ1v) is 7.41. The molecule has 0 aromatic heterocycles. The molecular weight excluding hydrogens is 272 g/mol. The number of carbonyl (C=O) groups is 3. The van der Waals surface area contributed by atoms with Crippen LogP contribution in [0.1, 0.15) is 33.1 Å². The highest BCUT2D eigenvalue weighted by molar-refractivity contribution is 5.88. The first-order valence-electron chi connectivity index (χ1n) is 7.41. The van der Waals surface area contributed by atoms with E-state index in [4.69, 9.17) is 0 Å². The van der Waals surface area contributed by atoms with Crippen molar-refractivity contribution in [3.8, 4) is 0 Å². The molecule has 0 heterocycles. The van der Waals surface area contributed by atoms with Crippen LogP contribution in [0.3, 0.4) is 0 Å². The van der Waals surface area contributed by atoms with E-state index in [9.17, 15) is 24.6 Å². The second kappa shape index (κ2) is 5.62. The van der Waals surface area contributed by atoms with Crippen molar-refractivity contribution in [3.63, 3.8) is 0 Å². The van der Waals surface area contributed by atoms with Gasteiger partial charge in [0.15, 0.2) is 0 Å². The molecule has 2 N–H and O–H groups in total. The Balaban J connectivity index is 2.40. The van der Waals surface area contributed by atoms with Crippen LogP contribution in [0.4, 0.5) is 0 Å². The molecule has 0 aromatic carbocycles. The highest BCUT2D eigenvalue weighted by atomic mass is 16.4. The summed E-state index contributed by atoms with van der Waals surface area (Å²) in [6, 6.07) is 0. The van der Waals surface area contributed by atoms with Crippen molar-refractivity contribution in [1.82, 2.24) is 0 Å². The van der Waals surface area contributed by atoms with E-state index in [0.29, 0.717) is 12.8 Å². The van der Waals surface area contributed by atoms with Crippen LogP contribution in [-0.2, 0) is 14.4 Å². The Kier molecular flexibility index (Phi) is 4.21.